The summed E-state index contributed by atoms with van der Waals surface area (Å²) in [6, 6.07) is 25.0. The third-order valence-electron chi connectivity index (χ3n) is 4.66. The predicted molar refractivity (Wildman–Crippen MR) is 119 cm³/mol. The SMILES string of the molecule is CCCCCc1ccc(C#Cc2ccc(C#Cc3ccc(C)cc3)cc2)cc1. The van der Waals surface area contributed by atoms with E-state index in [9.17, 15) is 0 Å². The highest BCUT2D eigenvalue weighted by atomic mass is 14.0. The minimum atomic E-state index is 1.00. The molecule has 28 heavy (non-hydrogen) atoms. The molecule has 0 saturated heterocycles. The molecule has 0 unspecified atom stereocenters. The van der Waals surface area contributed by atoms with E-state index in [0.29, 0.717) is 0 Å². The molecule has 0 fully saturated rings. The highest BCUT2D eigenvalue weighted by Crippen LogP contribution is 2.09. The monoisotopic (exact) mass is 362 g/mol. The van der Waals surface area contributed by atoms with Crippen LogP contribution in [0.1, 0.15) is 59.6 Å². The van der Waals surface area contributed by atoms with Crippen LogP contribution in [-0.2, 0) is 6.42 Å². The van der Waals surface area contributed by atoms with Crippen LogP contribution in [0.2, 0.25) is 0 Å². The van der Waals surface area contributed by atoms with Crippen molar-refractivity contribution in [3.05, 3.63) is 106 Å². The van der Waals surface area contributed by atoms with Gasteiger partial charge in [0.15, 0.2) is 0 Å². The normalized spacial score (nSPS) is 9.79. The van der Waals surface area contributed by atoms with Gasteiger partial charge in [-0.25, -0.2) is 0 Å². The summed E-state index contributed by atoms with van der Waals surface area (Å²) >= 11 is 0. The average Bonchev–Trinajstić information content (AvgIpc) is 2.74. The first-order chi connectivity index (χ1) is 13.7. The Morgan fingerprint density at radius 2 is 0.929 bits per heavy atom. The molecule has 0 atom stereocenters. The molecule has 0 heterocycles. The molecule has 0 aliphatic rings. The van der Waals surface area contributed by atoms with Crippen LogP contribution in [-0.4, -0.2) is 0 Å². The molecule has 3 aromatic carbocycles. The fraction of sp³-hybridized carbons (Fsp3) is 0.214. The third-order valence-corrected chi connectivity index (χ3v) is 4.66. The van der Waals surface area contributed by atoms with Crippen LogP contribution in [0.3, 0.4) is 0 Å². The van der Waals surface area contributed by atoms with Gasteiger partial charge in [0.1, 0.15) is 0 Å². The summed E-state index contributed by atoms with van der Waals surface area (Å²) in [5.74, 6) is 12.9. The van der Waals surface area contributed by atoms with E-state index in [0.717, 1.165) is 28.7 Å². The number of hydrogen-bond donors (Lipinski definition) is 0. The lowest BCUT2D eigenvalue weighted by Gasteiger charge is -2.00. The van der Waals surface area contributed by atoms with E-state index in [-0.39, 0.29) is 0 Å². The van der Waals surface area contributed by atoms with Crippen molar-refractivity contribution in [2.24, 2.45) is 0 Å². The summed E-state index contributed by atoms with van der Waals surface area (Å²) in [7, 11) is 0. The van der Waals surface area contributed by atoms with Crippen molar-refractivity contribution in [3.63, 3.8) is 0 Å². The second-order valence-electron chi connectivity index (χ2n) is 7.10. The van der Waals surface area contributed by atoms with Crippen molar-refractivity contribution in [3.8, 4) is 23.7 Å². The van der Waals surface area contributed by atoms with E-state index < -0.39 is 0 Å². The van der Waals surface area contributed by atoms with Crippen LogP contribution < -0.4 is 0 Å². The van der Waals surface area contributed by atoms with E-state index >= 15 is 0 Å². The zero-order valence-electron chi connectivity index (χ0n) is 16.8. The summed E-state index contributed by atoms with van der Waals surface area (Å²) in [5, 5.41) is 0. The summed E-state index contributed by atoms with van der Waals surface area (Å²) in [6.45, 7) is 4.32. The van der Waals surface area contributed by atoms with E-state index in [2.05, 4.69) is 86.1 Å². The smallest absolute Gasteiger partial charge is 0.0249 e. The molecule has 3 rings (SSSR count). The van der Waals surface area contributed by atoms with Crippen molar-refractivity contribution >= 4 is 0 Å². The molecule has 0 radical (unpaired) electrons. The Hall–Kier alpha value is -3.22. The minimum absolute atomic E-state index is 1.00. The fourth-order valence-corrected chi connectivity index (χ4v) is 2.90. The maximum atomic E-state index is 3.25. The van der Waals surface area contributed by atoms with Crippen LogP contribution in [0, 0.1) is 30.6 Å². The molecule has 0 aliphatic carbocycles. The summed E-state index contributed by atoms with van der Waals surface area (Å²) in [5.41, 5.74) is 6.75. The highest BCUT2D eigenvalue weighted by molar-refractivity contribution is 5.48. The summed E-state index contributed by atoms with van der Waals surface area (Å²) in [6.07, 6.45) is 4.99. The van der Waals surface area contributed by atoms with E-state index in [1.165, 1.54) is 30.4 Å². The molecule has 0 bridgehead atoms. The Morgan fingerprint density at radius 1 is 0.536 bits per heavy atom. The van der Waals surface area contributed by atoms with Crippen molar-refractivity contribution in [1.82, 2.24) is 0 Å². The van der Waals surface area contributed by atoms with Gasteiger partial charge in [0.25, 0.3) is 0 Å². The van der Waals surface area contributed by atoms with Crippen LogP contribution >= 0.6 is 0 Å². The van der Waals surface area contributed by atoms with E-state index in [1.807, 2.05) is 24.3 Å². The minimum Gasteiger partial charge on any atom is -0.0654 e. The first-order valence-corrected chi connectivity index (χ1v) is 10.0. The lowest BCUT2D eigenvalue weighted by atomic mass is 10.1. The second kappa shape index (κ2) is 10.2. The van der Waals surface area contributed by atoms with Crippen LogP contribution in [0.25, 0.3) is 0 Å². The Kier molecular flexibility index (Phi) is 7.12. The molecule has 0 saturated carbocycles. The Bertz CT molecular complexity index is 996. The van der Waals surface area contributed by atoms with Gasteiger partial charge < -0.3 is 0 Å². The van der Waals surface area contributed by atoms with E-state index in [4.69, 9.17) is 0 Å². The first-order valence-electron chi connectivity index (χ1n) is 10.0. The maximum Gasteiger partial charge on any atom is 0.0249 e. The molecule has 3 aromatic rings. The lowest BCUT2D eigenvalue weighted by Crippen LogP contribution is -1.85. The third kappa shape index (κ3) is 6.19. The fourth-order valence-electron chi connectivity index (χ4n) is 2.90. The van der Waals surface area contributed by atoms with Crippen LogP contribution in [0.5, 0.6) is 0 Å². The number of hydrogen-bond acceptors (Lipinski definition) is 0. The number of unbranched alkanes of at least 4 members (excludes halogenated alkanes) is 2. The van der Waals surface area contributed by atoms with Crippen LogP contribution in [0.15, 0.2) is 72.8 Å². The van der Waals surface area contributed by atoms with Crippen molar-refractivity contribution in [1.29, 1.82) is 0 Å². The molecule has 0 amide bonds. The molecule has 0 heteroatoms. The quantitative estimate of drug-likeness (QED) is 0.366. The lowest BCUT2D eigenvalue weighted by molar-refractivity contribution is 0.717. The first kappa shape index (κ1) is 19.5. The molecular formula is C28H26. The largest absolute Gasteiger partial charge is 0.0654 e. The second-order valence-corrected chi connectivity index (χ2v) is 7.10. The predicted octanol–water partition coefficient (Wildman–Crippen LogP) is 6.53. The van der Waals surface area contributed by atoms with Crippen molar-refractivity contribution in [2.45, 2.75) is 39.5 Å². The van der Waals surface area contributed by atoms with Gasteiger partial charge in [0.2, 0.25) is 0 Å². The van der Waals surface area contributed by atoms with Crippen molar-refractivity contribution in [2.75, 3.05) is 0 Å². The van der Waals surface area contributed by atoms with Gasteiger partial charge in [0, 0.05) is 22.3 Å². The zero-order chi connectivity index (χ0) is 19.6. The molecule has 0 aliphatic heterocycles. The molecule has 0 spiro atoms. The standard InChI is InChI=1S/C28H26/c1-3-4-5-6-24-11-13-26(14-12-24)17-18-28-21-19-27(20-22-28)16-15-25-9-7-23(2)8-10-25/h7-14,19-22H,3-6H2,1-2H3. The van der Waals surface area contributed by atoms with Gasteiger partial charge >= 0.3 is 0 Å². The van der Waals surface area contributed by atoms with Gasteiger partial charge in [-0.2, -0.15) is 0 Å². The Balaban J connectivity index is 1.61. The summed E-state index contributed by atoms with van der Waals surface area (Å²) in [4.78, 5) is 0. The zero-order valence-corrected chi connectivity index (χ0v) is 16.8. The van der Waals surface area contributed by atoms with Gasteiger partial charge in [0.05, 0.1) is 0 Å². The number of aryl methyl sites for hydroxylation is 2. The van der Waals surface area contributed by atoms with Crippen molar-refractivity contribution < 1.29 is 0 Å². The Morgan fingerprint density at radius 3 is 1.36 bits per heavy atom. The molecule has 0 N–H and O–H groups in total. The van der Waals surface area contributed by atoms with Gasteiger partial charge in [-0.1, -0.05) is 73.3 Å². The maximum absolute atomic E-state index is 3.25. The molecule has 138 valence electrons. The summed E-state index contributed by atoms with van der Waals surface area (Å²) < 4.78 is 0. The van der Waals surface area contributed by atoms with Gasteiger partial charge in [-0.05, 0) is 73.9 Å². The topological polar surface area (TPSA) is 0 Å². The van der Waals surface area contributed by atoms with E-state index in [1.54, 1.807) is 0 Å². The Labute approximate surface area is 169 Å². The number of benzene rings is 3. The molecule has 0 aromatic heterocycles. The van der Waals surface area contributed by atoms with Gasteiger partial charge in [-0.15, -0.1) is 0 Å². The van der Waals surface area contributed by atoms with Crippen LogP contribution in [0.4, 0.5) is 0 Å². The average molecular weight is 363 g/mol. The number of rotatable bonds is 4. The van der Waals surface area contributed by atoms with Gasteiger partial charge in [-0.3, -0.25) is 0 Å². The molecule has 0 nitrogen and oxygen atoms in total. The molecular weight excluding hydrogens is 336 g/mol. The highest BCUT2D eigenvalue weighted by Gasteiger charge is 1.94.